The zero-order chi connectivity index (χ0) is 11.1. The Hall–Kier alpha value is -1.07. The minimum Gasteiger partial charge on any atom is -0.475 e. The number of aliphatic carboxylic acids is 1. The Morgan fingerprint density at radius 1 is 1.46 bits per heavy atom. The van der Waals surface area contributed by atoms with E-state index in [2.05, 4.69) is 11.9 Å². The molecular weight excluding hydrogens is 187 g/mol. The van der Waals surface area contributed by atoms with Crippen LogP contribution in [0.1, 0.15) is 20.3 Å². The molecule has 13 heavy (non-hydrogen) atoms. The molecule has 0 fully saturated rings. The van der Waals surface area contributed by atoms with Crippen molar-refractivity contribution in [1.29, 1.82) is 0 Å². The van der Waals surface area contributed by atoms with E-state index in [1.165, 1.54) is 5.71 Å². The fourth-order valence-corrected chi connectivity index (χ4v) is 0.158. The molecule has 0 bridgehead atoms. The molecule has 0 aromatic carbocycles. The van der Waals surface area contributed by atoms with E-state index in [9.17, 15) is 13.2 Å². The summed E-state index contributed by atoms with van der Waals surface area (Å²) in [6, 6.07) is 0. The van der Waals surface area contributed by atoms with E-state index >= 15 is 0 Å². The van der Waals surface area contributed by atoms with Crippen LogP contribution in [0, 0.1) is 0 Å². The van der Waals surface area contributed by atoms with Crippen LogP contribution in [0.2, 0.25) is 0 Å². The minimum atomic E-state index is -5.08. The summed E-state index contributed by atoms with van der Waals surface area (Å²) in [5.41, 5.74) is 1.22. The fourth-order valence-electron chi connectivity index (χ4n) is 0.158. The number of alkyl halides is 3. The lowest BCUT2D eigenvalue weighted by atomic mass is 10.3. The van der Waals surface area contributed by atoms with Crippen LogP contribution in [0.15, 0.2) is 4.99 Å². The van der Waals surface area contributed by atoms with Gasteiger partial charge >= 0.3 is 12.1 Å². The van der Waals surface area contributed by atoms with E-state index in [1.54, 1.807) is 0 Å². The van der Waals surface area contributed by atoms with Crippen molar-refractivity contribution in [2.24, 2.45) is 4.99 Å². The summed E-state index contributed by atoms with van der Waals surface area (Å²) in [6.45, 7) is 4.13. The highest BCUT2D eigenvalue weighted by Crippen LogP contribution is 2.13. The third kappa shape index (κ3) is 10.9. The largest absolute Gasteiger partial charge is 0.490 e. The molecule has 0 aliphatic rings. The first kappa shape index (κ1) is 14.5. The maximum absolute atomic E-state index is 10.6. The smallest absolute Gasteiger partial charge is 0.475 e. The lowest BCUT2D eigenvalue weighted by molar-refractivity contribution is -0.192. The van der Waals surface area contributed by atoms with Gasteiger partial charge in [-0.2, -0.15) is 13.2 Å². The number of carboxylic acids is 1. The number of halogens is 3. The highest BCUT2D eigenvalue weighted by Gasteiger charge is 2.38. The van der Waals surface area contributed by atoms with Crippen molar-refractivity contribution in [2.75, 3.05) is 7.05 Å². The molecule has 3 nitrogen and oxygen atoms in total. The molecule has 0 rings (SSSR count). The highest BCUT2D eigenvalue weighted by molar-refractivity contribution is 5.81. The molecule has 0 aromatic rings. The van der Waals surface area contributed by atoms with Gasteiger partial charge in [-0.3, -0.25) is 4.99 Å². The summed E-state index contributed by atoms with van der Waals surface area (Å²) in [7, 11) is 1.82. The Kier molecular flexibility index (Phi) is 7.17. The number of rotatable bonds is 1. The molecule has 0 atom stereocenters. The highest BCUT2D eigenvalue weighted by atomic mass is 19.4. The van der Waals surface area contributed by atoms with Crippen molar-refractivity contribution < 1.29 is 23.1 Å². The van der Waals surface area contributed by atoms with Crippen molar-refractivity contribution in [3.8, 4) is 0 Å². The van der Waals surface area contributed by atoms with Gasteiger partial charge in [0, 0.05) is 12.8 Å². The maximum atomic E-state index is 10.6. The van der Waals surface area contributed by atoms with E-state index in [4.69, 9.17) is 9.90 Å². The van der Waals surface area contributed by atoms with Gasteiger partial charge in [-0.25, -0.2) is 4.79 Å². The zero-order valence-corrected chi connectivity index (χ0v) is 7.64. The van der Waals surface area contributed by atoms with E-state index < -0.39 is 12.1 Å². The van der Waals surface area contributed by atoms with Crippen molar-refractivity contribution in [3.05, 3.63) is 0 Å². The van der Waals surface area contributed by atoms with Crippen molar-refractivity contribution in [1.82, 2.24) is 0 Å². The van der Waals surface area contributed by atoms with Gasteiger partial charge in [0.2, 0.25) is 0 Å². The van der Waals surface area contributed by atoms with E-state index in [0.29, 0.717) is 0 Å². The van der Waals surface area contributed by atoms with Crippen LogP contribution in [0.4, 0.5) is 13.2 Å². The van der Waals surface area contributed by atoms with Crippen LogP contribution in [-0.4, -0.2) is 30.0 Å². The van der Waals surface area contributed by atoms with Crippen LogP contribution in [0.25, 0.3) is 0 Å². The molecule has 0 aliphatic heterocycles. The van der Waals surface area contributed by atoms with Crippen LogP contribution < -0.4 is 0 Å². The quantitative estimate of drug-likeness (QED) is 0.657. The molecule has 0 spiro atoms. The lowest BCUT2D eigenvalue weighted by Crippen LogP contribution is -2.21. The van der Waals surface area contributed by atoms with Gasteiger partial charge in [0.05, 0.1) is 0 Å². The molecule has 1 N–H and O–H groups in total. The van der Waals surface area contributed by atoms with Gasteiger partial charge < -0.3 is 5.11 Å². The number of hydrogen-bond donors (Lipinski definition) is 1. The Balaban J connectivity index is 0. The molecule has 0 heterocycles. The number of nitrogens with zero attached hydrogens (tertiary/aromatic N) is 1. The van der Waals surface area contributed by atoms with Crippen molar-refractivity contribution in [2.45, 2.75) is 26.4 Å². The molecule has 0 aliphatic carbocycles. The predicted molar refractivity (Wildman–Crippen MR) is 43.0 cm³/mol. The summed E-state index contributed by atoms with van der Waals surface area (Å²) in [4.78, 5) is 12.8. The van der Waals surface area contributed by atoms with Gasteiger partial charge in [0.1, 0.15) is 0 Å². The van der Waals surface area contributed by atoms with Gasteiger partial charge in [0.25, 0.3) is 0 Å². The Labute approximate surface area is 74.3 Å². The van der Waals surface area contributed by atoms with E-state index in [1.807, 2.05) is 14.0 Å². The standard InChI is InChI=1S/C5H11N.C2HF3O2/c1-4-5(2)6-3;3-2(4,5)1(6)7/h4H2,1-3H3;(H,6,7). The first-order valence-electron chi connectivity index (χ1n) is 3.48. The third-order valence-corrected chi connectivity index (χ3v) is 1.14. The van der Waals surface area contributed by atoms with Crippen molar-refractivity contribution >= 4 is 11.7 Å². The number of hydrogen-bond acceptors (Lipinski definition) is 2. The number of carboxylic acid groups (broad SMARTS) is 1. The molecule has 6 heteroatoms. The summed E-state index contributed by atoms with van der Waals surface area (Å²) >= 11 is 0. The Morgan fingerprint density at radius 3 is 1.77 bits per heavy atom. The van der Waals surface area contributed by atoms with Crippen LogP contribution in [-0.2, 0) is 4.79 Å². The SMILES string of the molecule is CCC(C)=NC.O=C(O)C(F)(F)F. The predicted octanol–water partition coefficient (Wildman–Crippen LogP) is 2.12. The maximum Gasteiger partial charge on any atom is 0.490 e. The average molecular weight is 199 g/mol. The second-order valence-electron chi connectivity index (χ2n) is 2.12. The molecule has 0 radical (unpaired) electrons. The van der Waals surface area contributed by atoms with Crippen LogP contribution in [0.5, 0.6) is 0 Å². The first-order chi connectivity index (χ1) is 5.75. The van der Waals surface area contributed by atoms with E-state index in [-0.39, 0.29) is 0 Å². The summed E-state index contributed by atoms with van der Waals surface area (Å²) in [5, 5.41) is 7.12. The van der Waals surface area contributed by atoms with Crippen LogP contribution >= 0.6 is 0 Å². The van der Waals surface area contributed by atoms with E-state index in [0.717, 1.165) is 6.42 Å². The molecule has 0 saturated heterocycles. The fraction of sp³-hybridized carbons (Fsp3) is 0.714. The van der Waals surface area contributed by atoms with Gasteiger partial charge in [-0.05, 0) is 13.3 Å². The summed E-state index contributed by atoms with van der Waals surface area (Å²) in [6.07, 6.45) is -4.00. The first-order valence-corrected chi connectivity index (χ1v) is 3.48. The van der Waals surface area contributed by atoms with Gasteiger partial charge in [-0.1, -0.05) is 6.92 Å². The second kappa shape index (κ2) is 6.45. The summed E-state index contributed by atoms with van der Waals surface area (Å²) < 4.78 is 31.7. The number of aliphatic imine (C=N–C) groups is 1. The lowest BCUT2D eigenvalue weighted by Gasteiger charge is -1.93. The molecule has 0 amide bonds. The van der Waals surface area contributed by atoms with Gasteiger partial charge in [-0.15, -0.1) is 0 Å². The van der Waals surface area contributed by atoms with Gasteiger partial charge in [0.15, 0.2) is 0 Å². The minimum absolute atomic E-state index is 1.08. The summed E-state index contributed by atoms with van der Waals surface area (Å²) in [5.74, 6) is -2.76. The Morgan fingerprint density at radius 2 is 1.77 bits per heavy atom. The topological polar surface area (TPSA) is 49.7 Å². The molecule has 0 saturated carbocycles. The normalized spacial score (nSPS) is 11.7. The average Bonchev–Trinajstić information content (AvgIpc) is 2.02. The molecule has 0 aromatic heterocycles. The van der Waals surface area contributed by atoms with Crippen molar-refractivity contribution in [3.63, 3.8) is 0 Å². The third-order valence-electron chi connectivity index (χ3n) is 1.14. The monoisotopic (exact) mass is 199 g/mol. The molecule has 78 valence electrons. The Bertz CT molecular complexity index is 187. The number of carbonyl (C=O) groups is 1. The molecule has 0 unspecified atom stereocenters. The second-order valence-corrected chi connectivity index (χ2v) is 2.12. The van der Waals surface area contributed by atoms with Crippen LogP contribution in [0.3, 0.4) is 0 Å². The zero-order valence-electron chi connectivity index (χ0n) is 7.64. The molecular formula is C7H12F3NO2.